The summed E-state index contributed by atoms with van der Waals surface area (Å²) in [5.41, 5.74) is 4.94. The molecule has 1 fully saturated rings. The van der Waals surface area contributed by atoms with Crippen molar-refractivity contribution in [2.24, 2.45) is 10.7 Å². The summed E-state index contributed by atoms with van der Waals surface area (Å²) in [7, 11) is 0. The lowest BCUT2D eigenvalue weighted by molar-refractivity contribution is -0.135. The number of unbranched alkanes of at least 4 members (excludes halogenated alkanes) is 1. The van der Waals surface area contributed by atoms with Crippen LogP contribution in [0.2, 0.25) is 0 Å². The standard InChI is InChI=1S/C8H12N4O3/c9-5(13)3-1-2-4-10-8-11-6(14)7(15)12-8/h1-4H2,(H2,9,13)(H2,10,11,12,14,15). The quantitative estimate of drug-likeness (QED) is 0.370. The minimum absolute atomic E-state index is 0.170. The molecule has 0 atom stereocenters. The Hall–Kier alpha value is -1.92. The Morgan fingerprint density at radius 2 is 1.80 bits per heavy atom. The van der Waals surface area contributed by atoms with Gasteiger partial charge in [-0.15, -0.1) is 0 Å². The van der Waals surface area contributed by atoms with Crippen LogP contribution in [-0.2, 0) is 14.4 Å². The van der Waals surface area contributed by atoms with Crippen molar-refractivity contribution in [2.75, 3.05) is 6.54 Å². The molecule has 0 radical (unpaired) electrons. The van der Waals surface area contributed by atoms with Crippen molar-refractivity contribution >= 4 is 23.7 Å². The van der Waals surface area contributed by atoms with Crippen molar-refractivity contribution in [3.63, 3.8) is 0 Å². The highest BCUT2D eigenvalue weighted by molar-refractivity contribution is 6.45. The third kappa shape index (κ3) is 3.75. The molecule has 1 saturated heterocycles. The number of nitrogens with two attached hydrogens (primary N) is 1. The molecule has 1 aliphatic heterocycles. The van der Waals surface area contributed by atoms with Crippen LogP contribution in [0.1, 0.15) is 19.3 Å². The number of aliphatic imine (C=N–C) groups is 1. The van der Waals surface area contributed by atoms with Crippen molar-refractivity contribution in [3.05, 3.63) is 0 Å². The molecule has 0 saturated carbocycles. The molecule has 0 bridgehead atoms. The predicted molar refractivity (Wildman–Crippen MR) is 51.6 cm³/mol. The predicted octanol–water partition coefficient (Wildman–Crippen LogP) is -1.76. The maximum atomic E-state index is 10.7. The third-order valence-corrected chi connectivity index (χ3v) is 1.77. The monoisotopic (exact) mass is 212 g/mol. The van der Waals surface area contributed by atoms with E-state index in [0.717, 1.165) is 0 Å². The van der Waals surface area contributed by atoms with Gasteiger partial charge in [-0.3, -0.25) is 30.0 Å². The van der Waals surface area contributed by atoms with Gasteiger partial charge in [0.15, 0.2) is 0 Å². The van der Waals surface area contributed by atoms with Crippen molar-refractivity contribution in [1.82, 2.24) is 10.6 Å². The lowest BCUT2D eigenvalue weighted by Crippen LogP contribution is -2.25. The number of carbonyl (C=O) groups excluding carboxylic acids is 3. The maximum absolute atomic E-state index is 10.7. The molecule has 1 aliphatic rings. The number of primary amides is 1. The van der Waals surface area contributed by atoms with Gasteiger partial charge in [0.25, 0.3) is 0 Å². The van der Waals surface area contributed by atoms with E-state index in [-0.39, 0.29) is 11.9 Å². The van der Waals surface area contributed by atoms with E-state index >= 15 is 0 Å². The summed E-state index contributed by atoms with van der Waals surface area (Å²) in [5.74, 6) is -1.58. The van der Waals surface area contributed by atoms with Crippen molar-refractivity contribution in [2.45, 2.75) is 19.3 Å². The highest BCUT2D eigenvalue weighted by Gasteiger charge is 2.24. The number of hydrogen-bond acceptors (Lipinski definition) is 4. The zero-order valence-corrected chi connectivity index (χ0v) is 8.08. The summed E-state index contributed by atoms with van der Waals surface area (Å²) in [6.07, 6.45) is 1.65. The van der Waals surface area contributed by atoms with Crippen molar-refractivity contribution in [3.8, 4) is 0 Å². The lowest BCUT2D eigenvalue weighted by Gasteiger charge is -1.96. The molecule has 1 heterocycles. The second kappa shape index (κ2) is 5.08. The van der Waals surface area contributed by atoms with Crippen LogP contribution in [0, 0.1) is 0 Å². The maximum Gasteiger partial charge on any atom is 0.316 e. The Labute approximate surface area is 86.1 Å². The van der Waals surface area contributed by atoms with Crippen LogP contribution in [0.3, 0.4) is 0 Å². The van der Waals surface area contributed by atoms with Crippen LogP contribution in [-0.4, -0.2) is 30.2 Å². The Kier molecular flexibility index (Phi) is 3.78. The normalized spacial score (nSPS) is 14.8. The van der Waals surface area contributed by atoms with Gasteiger partial charge < -0.3 is 5.73 Å². The fourth-order valence-electron chi connectivity index (χ4n) is 1.04. The van der Waals surface area contributed by atoms with Crippen LogP contribution in [0.5, 0.6) is 0 Å². The summed E-state index contributed by atoms with van der Waals surface area (Å²) in [6, 6.07) is 0. The number of amides is 3. The summed E-state index contributed by atoms with van der Waals surface area (Å²) in [6.45, 7) is 0.434. The van der Waals surface area contributed by atoms with Gasteiger partial charge in [0.2, 0.25) is 11.9 Å². The van der Waals surface area contributed by atoms with E-state index in [9.17, 15) is 14.4 Å². The second-order valence-electron chi connectivity index (χ2n) is 3.06. The molecule has 0 aromatic carbocycles. The minimum atomic E-state index is -0.703. The molecule has 3 amide bonds. The molecule has 0 spiro atoms. The van der Waals surface area contributed by atoms with Gasteiger partial charge in [0, 0.05) is 13.0 Å². The Bertz CT molecular complexity index is 306. The fourth-order valence-corrected chi connectivity index (χ4v) is 1.04. The van der Waals surface area contributed by atoms with Crippen LogP contribution in [0.15, 0.2) is 4.99 Å². The molecule has 7 heteroatoms. The first-order chi connectivity index (χ1) is 7.09. The molecule has 15 heavy (non-hydrogen) atoms. The van der Waals surface area contributed by atoms with E-state index in [0.29, 0.717) is 25.8 Å². The van der Waals surface area contributed by atoms with E-state index in [2.05, 4.69) is 15.6 Å². The van der Waals surface area contributed by atoms with Crippen LogP contribution in [0.4, 0.5) is 0 Å². The lowest BCUT2D eigenvalue weighted by atomic mass is 10.2. The minimum Gasteiger partial charge on any atom is -0.370 e. The van der Waals surface area contributed by atoms with Crippen LogP contribution in [0.25, 0.3) is 0 Å². The van der Waals surface area contributed by atoms with Gasteiger partial charge in [-0.2, -0.15) is 0 Å². The van der Waals surface area contributed by atoms with E-state index in [1.54, 1.807) is 0 Å². The molecule has 0 aromatic heterocycles. The molecule has 0 unspecified atom stereocenters. The van der Waals surface area contributed by atoms with E-state index < -0.39 is 11.8 Å². The smallest absolute Gasteiger partial charge is 0.316 e. The second-order valence-corrected chi connectivity index (χ2v) is 3.06. The Morgan fingerprint density at radius 1 is 1.20 bits per heavy atom. The average molecular weight is 212 g/mol. The summed E-state index contributed by atoms with van der Waals surface area (Å²) < 4.78 is 0. The highest BCUT2D eigenvalue weighted by atomic mass is 16.2. The van der Waals surface area contributed by atoms with Gasteiger partial charge in [-0.1, -0.05) is 0 Å². The highest BCUT2D eigenvalue weighted by Crippen LogP contribution is 1.95. The zero-order chi connectivity index (χ0) is 11.3. The first-order valence-corrected chi connectivity index (χ1v) is 4.54. The number of hydrogen-bond donors (Lipinski definition) is 3. The molecule has 1 rings (SSSR count). The number of rotatable bonds is 5. The molecular weight excluding hydrogens is 200 g/mol. The SMILES string of the molecule is NC(=O)CCCCN=C1NC(=O)C(=O)N1. The van der Waals surface area contributed by atoms with Gasteiger partial charge in [0.05, 0.1) is 0 Å². The largest absolute Gasteiger partial charge is 0.370 e. The number of nitrogens with zero attached hydrogens (tertiary/aromatic N) is 1. The van der Waals surface area contributed by atoms with E-state index in [4.69, 9.17) is 5.73 Å². The molecule has 4 N–H and O–H groups in total. The van der Waals surface area contributed by atoms with E-state index in [1.807, 2.05) is 0 Å². The summed E-state index contributed by atoms with van der Waals surface area (Å²) >= 11 is 0. The topological polar surface area (TPSA) is 114 Å². The van der Waals surface area contributed by atoms with Crippen LogP contribution >= 0.6 is 0 Å². The Morgan fingerprint density at radius 3 is 2.33 bits per heavy atom. The number of carbonyl (C=O) groups is 3. The first-order valence-electron chi connectivity index (χ1n) is 4.54. The third-order valence-electron chi connectivity index (χ3n) is 1.77. The molecule has 0 aliphatic carbocycles. The number of nitrogens with one attached hydrogen (secondary N) is 2. The fraction of sp³-hybridized carbons (Fsp3) is 0.500. The first kappa shape index (κ1) is 11.2. The summed E-state index contributed by atoms with van der Waals surface area (Å²) in [5, 5.41) is 4.52. The molecular formula is C8H12N4O3. The van der Waals surface area contributed by atoms with Gasteiger partial charge in [-0.25, -0.2) is 0 Å². The van der Waals surface area contributed by atoms with Gasteiger partial charge in [0.1, 0.15) is 0 Å². The molecule has 82 valence electrons. The average Bonchev–Trinajstić information content (AvgIpc) is 2.45. The van der Waals surface area contributed by atoms with Gasteiger partial charge in [-0.05, 0) is 12.8 Å². The number of guanidine groups is 1. The molecule has 7 nitrogen and oxygen atoms in total. The van der Waals surface area contributed by atoms with Crippen LogP contribution < -0.4 is 16.4 Å². The van der Waals surface area contributed by atoms with Gasteiger partial charge >= 0.3 is 11.8 Å². The van der Waals surface area contributed by atoms with Crippen molar-refractivity contribution < 1.29 is 14.4 Å². The molecule has 0 aromatic rings. The summed E-state index contributed by atoms with van der Waals surface area (Å²) in [4.78, 5) is 35.7. The Balaban J connectivity index is 2.19. The van der Waals surface area contributed by atoms with E-state index in [1.165, 1.54) is 0 Å². The zero-order valence-electron chi connectivity index (χ0n) is 8.08. The van der Waals surface area contributed by atoms with Crippen molar-refractivity contribution in [1.29, 1.82) is 0 Å².